The van der Waals surface area contributed by atoms with Gasteiger partial charge in [0, 0.05) is 5.25 Å². The van der Waals surface area contributed by atoms with Gasteiger partial charge in [-0.25, -0.2) is 4.79 Å². The summed E-state index contributed by atoms with van der Waals surface area (Å²) in [5.74, 6) is 0. The lowest BCUT2D eigenvalue weighted by atomic mass is 10.2. The predicted molar refractivity (Wildman–Crippen MR) is 53.1 cm³/mol. The van der Waals surface area contributed by atoms with Crippen molar-refractivity contribution in [1.29, 1.82) is 0 Å². The third-order valence-corrected chi connectivity index (χ3v) is 2.81. The average molecular weight is 207 g/mol. The van der Waals surface area contributed by atoms with E-state index < -0.39 is 6.09 Å². The standard InChI is InChI=1S/C8H17NO3S/c1-7(13-3)5-4-6-9(11)8(10)12-2/h7,11H,4-6H2,1-3H3. The lowest BCUT2D eigenvalue weighted by molar-refractivity contribution is -0.0697. The molecule has 0 spiro atoms. The van der Waals surface area contributed by atoms with Crippen molar-refractivity contribution in [2.45, 2.75) is 25.0 Å². The largest absolute Gasteiger partial charge is 0.451 e. The number of hydrogen-bond acceptors (Lipinski definition) is 4. The zero-order chi connectivity index (χ0) is 10.3. The number of rotatable bonds is 5. The second-order valence-electron chi connectivity index (χ2n) is 2.78. The molecule has 0 aliphatic rings. The second kappa shape index (κ2) is 7.03. The molecule has 1 amide bonds. The van der Waals surface area contributed by atoms with Crippen molar-refractivity contribution in [1.82, 2.24) is 5.06 Å². The molecule has 0 aromatic rings. The minimum Gasteiger partial charge on any atom is -0.451 e. The van der Waals surface area contributed by atoms with E-state index in [0.29, 0.717) is 16.9 Å². The molecule has 0 radical (unpaired) electrons. The molecule has 1 unspecified atom stereocenters. The molecule has 0 saturated heterocycles. The molecular weight excluding hydrogens is 190 g/mol. The molecule has 0 bridgehead atoms. The first kappa shape index (κ1) is 12.6. The Kier molecular flexibility index (Phi) is 6.80. The number of hydroxylamine groups is 2. The highest BCUT2D eigenvalue weighted by Gasteiger charge is 2.09. The van der Waals surface area contributed by atoms with Crippen LogP contribution >= 0.6 is 11.8 Å². The molecular formula is C8H17NO3S. The van der Waals surface area contributed by atoms with Crippen molar-refractivity contribution in [2.24, 2.45) is 0 Å². The highest BCUT2D eigenvalue weighted by atomic mass is 32.2. The van der Waals surface area contributed by atoms with Gasteiger partial charge < -0.3 is 4.74 Å². The van der Waals surface area contributed by atoms with Gasteiger partial charge in [-0.15, -0.1) is 0 Å². The van der Waals surface area contributed by atoms with Crippen molar-refractivity contribution < 1.29 is 14.7 Å². The summed E-state index contributed by atoms with van der Waals surface area (Å²) in [4.78, 5) is 10.7. The van der Waals surface area contributed by atoms with Crippen LogP contribution in [0.4, 0.5) is 4.79 Å². The number of amides is 1. The van der Waals surface area contributed by atoms with Gasteiger partial charge in [-0.2, -0.15) is 16.8 Å². The number of carbonyl (C=O) groups is 1. The third kappa shape index (κ3) is 5.76. The Morgan fingerprint density at radius 3 is 2.77 bits per heavy atom. The summed E-state index contributed by atoms with van der Waals surface area (Å²) in [6.45, 7) is 2.45. The fourth-order valence-corrected chi connectivity index (χ4v) is 1.25. The first-order valence-corrected chi connectivity index (χ1v) is 5.47. The van der Waals surface area contributed by atoms with Gasteiger partial charge in [0.25, 0.3) is 0 Å². The Labute approximate surface area is 83.2 Å². The first-order valence-electron chi connectivity index (χ1n) is 4.19. The number of ether oxygens (including phenoxy) is 1. The van der Waals surface area contributed by atoms with E-state index in [9.17, 15) is 4.79 Å². The van der Waals surface area contributed by atoms with E-state index in [1.807, 2.05) is 6.26 Å². The molecule has 0 heterocycles. The van der Waals surface area contributed by atoms with Crippen LogP contribution in [-0.2, 0) is 4.74 Å². The Morgan fingerprint density at radius 2 is 2.31 bits per heavy atom. The second-order valence-corrected chi connectivity index (χ2v) is 4.06. The van der Waals surface area contributed by atoms with Gasteiger partial charge >= 0.3 is 6.09 Å². The minimum atomic E-state index is -0.697. The van der Waals surface area contributed by atoms with Crippen molar-refractivity contribution in [2.75, 3.05) is 19.9 Å². The van der Waals surface area contributed by atoms with Crippen LogP contribution in [0.15, 0.2) is 0 Å². The Morgan fingerprint density at radius 1 is 1.69 bits per heavy atom. The lowest BCUT2D eigenvalue weighted by Gasteiger charge is -2.14. The first-order chi connectivity index (χ1) is 6.11. The van der Waals surface area contributed by atoms with Crippen LogP contribution in [0.25, 0.3) is 0 Å². The summed E-state index contributed by atoms with van der Waals surface area (Å²) >= 11 is 1.77. The van der Waals surface area contributed by atoms with Crippen molar-refractivity contribution in [3.63, 3.8) is 0 Å². The molecule has 78 valence electrons. The maximum absolute atomic E-state index is 10.7. The van der Waals surface area contributed by atoms with E-state index >= 15 is 0 Å². The molecule has 0 aromatic carbocycles. The number of hydrogen-bond donors (Lipinski definition) is 1. The smallest absolute Gasteiger partial charge is 0.433 e. The summed E-state index contributed by atoms with van der Waals surface area (Å²) in [5.41, 5.74) is 0. The van der Waals surface area contributed by atoms with Crippen molar-refractivity contribution >= 4 is 17.9 Å². The van der Waals surface area contributed by atoms with Crippen LogP contribution in [0.1, 0.15) is 19.8 Å². The molecule has 13 heavy (non-hydrogen) atoms. The van der Waals surface area contributed by atoms with Crippen LogP contribution < -0.4 is 0 Å². The van der Waals surface area contributed by atoms with Crippen LogP contribution in [-0.4, -0.2) is 41.5 Å². The van der Waals surface area contributed by atoms with Crippen molar-refractivity contribution in [3.05, 3.63) is 0 Å². The predicted octanol–water partition coefficient (Wildman–Crippen LogP) is 1.98. The van der Waals surface area contributed by atoms with Gasteiger partial charge in [-0.3, -0.25) is 5.21 Å². The number of methoxy groups -OCH3 is 1. The molecule has 0 saturated carbocycles. The zero-order valence-corrected chi connectivity index (χ0v) is 9.13. The molecule has 1 N–H and O–H groups in total. The Hall–Kier alpha value is -0.420. The molecule has 4 nitrogen and oxygen atoms in total. The SMILES string of the molecule is COC(=O)N(O)CCCC(C)SC. The average Bonchev–Trinajstić information content (AvgIpc) is 2.15. The molecule has 0 aliphatic carbocycles. The van der Waals surface area contributed by atoms with Crippen LogP contribution in [0.5, 0.6) is 0 Å². The summed E-state index contributed by atoms with van der Waals surface area (Å²) in [5, 5.41) is 10.2. The van der Waals surface area contributed by atoms with Gasteiger partial charge in [-0.05, 0) is 19.1 Å². The van der Waals surface area contributed by atoms with E-state index in [1.54, 1.807) is 11.8 Å². The summed E-state index contributed by atoms with van der Waals surface area (Å²) in [6, 6.07) is 0. The Balaban J connectivity index is 3.47. The zero-order valence-electron chi connectivity index (χ0n) is 8.32. The highest BCUT2D eigenvalue weighted by Crippen LogP contribution is 2.11. The van der Waals surface area contributed by atoms with E-state index in [4.69, 9.17) is 5.21 Å². The summed E-state index contributed by atoms with van der Waals surface area (Å²) < 4.78 is 4.33. The summed E-state index contributed by atoms with van der Waals surface area (Å²) in [7, 11) is 1.25. The number of nitrogens with zero attached hydrogens (tertiary/aromatic N) is 1. The topological polar surface area (TPSA) is 49.8 Å². The van der Waals surface area contributed by atoms with Gasteiger partial charge in [-0.1, -0.05) is 6.92 Å². The molecule has 0 fully saturated rings. The van der Waals surface area contributed by atoms with E-state index in [-0.39, 0.29) is 0 Å². The van der Waals surface area contributed by atoms with Gasteiger partial charge in [0.1, 0.15) is 0 Å². The highest BCUT2D eigenvalue weighted by molar-refractivity contribution is 7.99. The van der Waals surface area contributed by atoms with E-state index in [1.165, 1.54) is 7.11 Å². The van der Waals surface area contributed by atoms with Crippen molar-refractivity contribution in [3.8, 4) is 0 Å². The molecule has 1 atom stereocenters. The Bertz CT molecular complexity index is 154. The maximum atomic E-state index is 10.7. The van der Waals surface area contributed by atoms with E-state index in [2.05, 4.69) is 11.7 Å². The fourth-order valence-electron chi connectivity index (χ4n) is 0.843. The van der Waals surface area contributed by atoms with Crippen LogP contribution in [0.2, 0.25) is 0 Å². The normalized spacial score (nSPS) is 12.3. The number of thioether (sulfide) groups is 1. The third-order valence-electron chi connectivity index (χ3n) is 1.77. The fraction of sp³-hybridized carbons (Fsp3) is 0.875. The molecule has 0 aliphatic heterocycles. The monoisotopic (exact) mass is 207 g/mol. The molecule has 0 rings (SSSR count). The quantitative estimate of drug-likeness (QED) is 0.553. The molecule has 0 aromatic heterocycles. The lowest BCUT2D eigenvalue weighted by Crippen LogP contribution is -2.28. The number of carbonyl (C=O) groups excluding carboxylic acids is 1. The van der Waals surface area contributed by atoms with Crippen LogP contribution in [0.3, 0.4) is 0 Å². The van der Waals surface area contributed by atoms with Crippen LogP contribution in [0, 0.1) is 0 Å². The van der Waals surface area contributed by atoms with Gasteiger partial charge in [0.05, 0.1) is 13.7 Å². The molecule has 5 heteroatoms. The van der Waals surface area contributed by atoms with Gasteiger partial charge in [0.2, 0.25) is 0 Å². The summed E-state index contributed by atoms with van der Waals surface area (Å²) in [6.07, 6.45) is 3.11. The van der Waals surface area contributed by atoms with E-state index in [0.717, 1.165) is 12.8 Å². The van der Waals surface area contributed by atoms with Gasteiger partial charge in [0.15, 0.2) is 0 Å². The maximum Gasteiger partial charge on any atom is 0.433 e. The minimum absolute atomic E-state index is 0.331.